The maximum Gasteiger partial charge on any atom is 0.287 e. The number of nitrogens with one attached hydrogen (secondary N) is 2. The molecule has 2 saturated carbocycles. The van der Waals surface area contributed by atoms with Crippen LogP contribution in [0.1, 0.15) is 73.9 Å². The molecule has 0 bridgehead atoms. The predicted molar refractivity (Wildman–Crippen MR) is 93.4 cm³/mol. The van der Waals surface area contributed by atoms with E-state index in [1.807, 2.05) is 13.0 Å². The Morgan fingerprint density at radius 3 is 2.60 bits per heavy atom. The molecule has 1 unspecified atom stereocenters. The Kier molecular flexibility index (Phi) is 5.78. The van der Waals surface area contributed by atoms with Crippen LogP contribution in [0.5, 0.6) is 0 Å². The summed E-state index contributed by atoms with van der Waals surface area (Å²) in [5.74, 6) is 0.724. The van der Waals surface area contributed by atoms with E-state index in [4.69, 9.17) is 9.15 Å². The molecular formula is C19H28N2O4. The molecule has 25 heavy (non-hydrogen) atoms. The SMILES string of the molecule is CCC(CC(=O)N[C@@H]1CCC[C@@H]1NC(=O)c1occc1C1CC1)OC. The van der Waals surface area contributed by atoms with Crippen molar-refractivity contribution in [3.63, 3.8) is 0 Å². The summed E-state index contributed by atoms with van der Waals surface area (Å²) >= 11 is 0. The number of ether oxygens (including phenoxy) is 1. The van der Waals surface area contributed by atoms with Crippen molar-refractivity contribution in [3.05, 3.63) is 23.7 Å². The molecule has 0 radical (unpaired) electrons. The van der Waals surface area contributed by atoms with Crippen LogP contribution in [0.3, 0.4) is 0 Å². The van der Waals surface area contributed by atoms with E-state index in [-0.39, 0.29) is 30.0 Å². The monoisotopic (exact) mass is 348 g/mol. The molecule has 3 rings (SSSR count). The Morgan fingerprint density at radius 1 is 1.24 bits per heavy atom. The quantitative estimate of drug-likeness (QED) is 0.757. The van der Waals surface area contributed by atoms with Crippen LogP contribution in [0.4, 0.5) is 0 Å². The van der Waals surface area contributed by atoms with E-state index in [0.717, 1.165) is 44.1 Å². The third-order valence-electron chi connectivity index (χ3n) is 5.30. The van der Waals surface area contributed by atoms with Crippen LogP contribution in [0.25, 0.3) is 0 Å². The summed E-state index contributed by atoms with van der Waals surface area (Å²) in [5, 5.41) is 6.13. The van der Waals surface area contributed by atoms with Gasteiger partial charge in [0.05, 0.1) is 18.8 Å². The van der Waals surface area contributed by atoms with Gasteiger partial charge in [-0.3, -0.25) is 9.59 Å². The highest BCUT2D eigenvalue weighted by Gasteiger charge is 2.34. The minimum absolute atomic E-state index is 0.0171. The Bertz CT molecular complexity index is 604. The lowest BCUT2D eigenvalue weighted by molar-refractivity contribution is -0.124. The molecule has 1 aromatic heterocycles. The van der Waals surface area contributed by atoms with Gasteiger partial charge in [-0.2, -0.15) is 0 Å². The first-order valence-electron chi connectivity index (χ1n) is 9.32. The van der Waals surface area contributed by atoms with Crippen LogP contribution in [-0.2, 0) is 9.53 Å². The molecule has 1 heterocycles. The van der Waals surface area contributed by atoms with E-state index < -0.39 is 0 Å². The number of carbonyl (C=O) groups is 2. The lowest BCUT2D eigenvalue weighted by atomic mass is 10.1. The maximum atomic E-state index is 12.6. The molecule has 0 aliphatic heterocycles. The molecule has 1 aromatic rings. The summed E-state index contributed by atoms with van der Waals surface area (Å²) in [5.41, 5.74) is 1.02. The van der Waals surface area contributed by atoms with Crippen molar-refractivity contribution in [2.45, 2.75) is 76.0 Å². The van der Waals surface area contributed by atoms with Crippen molar-refractivity contribution in [2.75, 3.05) is 7.11 Å². The normalized spacial score (nSPS) is 24.1. The van der Waals surface area contributed by atoms with E-state index >= 15 is 0 Å². The van der Waals surface area contributed by atoms with E-state index in [1.165, 1.54) is 0 Å². The largest absolute Gasteiger partial charge is 0.459 e. The first kappa shape index (κ1) is 18.0. The molecule has 0 aromatic carbocycles. The molecule has 138 valence electrons. The molecule has 3 atom stereocenters. The number of methoxy groups -OCH3 is 1. The third kappa shape index (κ3) is 4.42. The number of rotatable bonds is 8. The smallest absolute Gasteiger partial charge is 0.287 e. The lowest BCUT2D eigenvalue weighted by Gasteiger charge is -2.23. The van der Waals surface area contributed by atoms with Gasteiger partial charge >= 0.3 is 0 Å². The van der Waals surface area contributed by atoms with Gasteiger partial charge in [-0.1, -0.05) is 6.92 Å². The molecule has 2 amide bonds. The number of carbonyl (C=O) groups excluding carboxylic acids is 2. The Labute approximate surface area is 148 Å². The topological polar surface area (TPSA) is 80.6 Å². The van der Waals surface area contributed by atoms with Gasteiger partial charge in [0.1, 0.15) is 0 Å². The van der Waals surface area contributed by atoms with Gasteiger partial charge in [-0.05, 0) is 50.5 Å². The van der Waals surface area contributed by atoms with Crippen LogP contribution in [0.2, 0.25) is 0 Å². The fraction of sp³-hybridized carbons (Fsp3) is 0.684. The van der Waals surface area contributed by atoms with Crippen molar-refractivity contribution in [1.29, 1.82) is 0 Å². The molecule has 6 nitrogen and oxygen atoms in total. The number of hydrogen-bond acceptors (Lipinski definition) is 4. The standard InChI is InChI=1S/C19H28N2O4/c1-3-13(24-2)11-17(22)20-15-5-4-6-16(15)21-19(23)18-14(9-10-25-18)12-7-8-12/h9-10,12-13,15-16H,3-8,11H2,1-2H3,(H,20,22)(H,21,23)/t13?,15-,16+/m1/s1. The molecule has 2 N–H and O–H groups in total. The predicted octanol–water partition coefficient (Wildman–Crippen LogP) is 2.74. The van der Waals surface area contributed by atoms with Gasteiger partial charge in [-0.25, -0.2) is 0 Å². The lowest BCUT2D eigenvalue weighted by Crippen LogP contribution is -2.49. The van der Waals surface area contributed by atoms with Gasteiger partial charge in [0.25, 0.3) is 5.91 Å². The molecular weight excluding hydrogens is 320 g/mol. The Morgan fingerprint density at radius 2 is 1.96 bits per heavy atom. The van der Waals surface area contributed by atoms with Gasteiger partial charge in [0.2, 0.25) is 5.91 Å². The average Bonchev–Trinajstić information content (AvgIpc) is 3.17. The fourth-order valence-corrected chi connectivity index (χ4v) is 3.63. The Hall–Kier alpha value is -1.82. The van der Waals surface area contributed by atoms with Crippen LogP contribution in [0, 0.1) is 0 Å². The average molecular weight is 348 g/mol. The summed E-state index contributed by atoms with van der Waals surface area (Å²) in [7, 11) is 1.63. The number of hydrogen-bond donors (Lipinski definition) is 2. The zero-order valence-corrected chi connectivity index (χ0v) is 15.0. The van der Waals surface area contributed by atoms with Gasteiger partial charge in [0, 0.05) is 24.8 Å². The minimum Gasteiger partial charge on any atom is -0.459 e. The highest BCUT2D eigenvalue weighted by atomic mass is 16.5. The zero-order chi connectivity index (χ0) is 17.8. The van der Waals surface area contributed by atoms with Gasteiger partial charge < -0.3 is 19.8 Å². The second-order valence-corrected chi connectivity index (χ2v) is 7.13. The maximum absolute atomic E-state index is 12.6. The first-order chi connectivity index (χ1) is 12.1. The molecule has 2 fully saturated rings. The number of amides is 2. The second kappa shape index (κ2) is 8.04. The molecule has 0 spiro atoms. The van der Waals surface area contributed by atoms with Crippen LogP contribution in [-0.4, -0.2) is 37.1 Å². The molecule has 0 saturated heterocycles. The van der Waals surface area contributed by atoms with Crippen molar-refractivity contribution >= 4 is 11.8 Å². The third-order valence-corrected chi connectivity index (χ3v) is 5.30. The summed E-state index contributed by atoms with van der Waals surface area (Å²) in [6.45, 7) is 2.00. The second-order valence-electron chi connectivity index (χ2n) is 7.13. The highest BCUT2D eigenvalue weighted by Crippen LogP contribution is 2.42. The van der Waals surface area contributed by atoms with E-state index in [0.29, 0.717) is 18.1 Å². The summed E-state index contributed by atoms with van der Waals surface area (Å²) in [6.07, 6.45) is 7.69. The number of furan rings is 1. The van der Waals surface area contributed by atoms with E-state index in [9.17, 15) is 9.59 Å². The molecule has 2 aliphatic rings. The summed E-state index contributed by atoms with van der Waals surface area (Å²) in [4.78, 5) is 24.8. The zero-order valence-electron chi connectivity index (χ0n) is 15.0. The van der Waals surface area contributed by atoms with Gasteiger partial charge in [0.15, 0.2) is 5.76 Å². The Balaban J connectivity index is 1.55. The van der Waals surface area contributed by atoms with Crippen LogP contribution >= 0.6 is 0 Å². The van der Waals surface area contributed by atoms with Crippen LogP contribution < -0.4 is 10.6 Å². The summed E-state index contributed by atoms with van der Waals surface area (Å²) < 4.78 is 10.7. The summed E-state index contributed by atoms with van der Waals surface area (Å²) in [6, 6.07) is 1.83. The van der Waals surface area contributed by atoms with Crippen molar-refractivity contribution < 1.29 is 18.7 Å². The van der Waals surface area contributed by atoms with Crippen molar-refractivity contribution in [3.8, 4) is 0 Å². The van der Waals surface area contributed by atoms with Crippen molar-refractivity contribution in [1.82, 2.24) is 10.6 Å². The van der Waals surface area contributed by atoms with E-state index in [1.54, 1.807) is 13.4 Å². The first-order valence-corrected chi connectivity index (χ1v) is 9.32. The minimum atomic E-state index is -0.165. The molecule has 6 heteroatoms. The van der Waals surface area contributed by atoms with Crippen LogP contribution in [0.15, 0.2) is 16.7 Å². The van der Waals surface area contributed by atoms with E-state index in [2.05, 4.69) is 10.6 Å². The fourth-order valence-electron chi connectivity index (χ4n) is 3.63. The molecule has 2 aliphatic carbocycles. The van der Waals surface area contributed by atoms with Crippen molar-refractivity contribution in [2.24, 2.45) is 0 Å². The highest BCUT2D eigenvalue weighted by molar-refractivity contribution is 5.93. The van der Waals surface area contributed by atoms with Gasteiger partial charge in [-0.15, -0.1) is 0 Å².